The van der Waals surface area contributed by atoms with Gasteiger partial charge in [-0.05, 0) is 85.3 Å². The Morgan fingerprint density at radius 2 is 1.05 bits per heavy atom. The molecule has 6 rings (SSSR count). The number of hydrogen-bond donors (Lipinski definition) is 0. The zero-order chi connectivity index (χ0) is 26.6. The number of aromatic nitrogens is 1. The molecule has 5 aromatic carbocycles. The van der Waals surface area contributed by atoms with Gasteiger partial charge in [0.05, 0.1) is 41.1 Å². The van der Waals surface area contributed by atoms with Crippen molar-refractivity contribution in [3.63, 3.8) is 0 Å². The van der Waals surface area contributed by atoms with Crippen molar-refractivity contribution in [3.05, 3.63) is 59.1 Å². The van der Waals surface area contributed by atoms with Gasteiger partial charge in [0, 0.05) is 9.86 Å². The van der Waals surface area contributed by atoms with Crippen LogP contribution in [0.25, 0.3) is 54.9 Å². The molecule has 0 saturated heterocycles. The van der Waals surface area contributed by atoms with Gasteiger partial charge in [0.15, 0.2) is 34.3 Å². The molecule has 0 aliphatic rings. The van der Waals surface area contributed by atoms with Gasteiger partial charge >= 0.3 is 0 Å². The van der Waals surface area contributed by atoms with Crippen LogP contribution in [0.5, 0.6) is 28.7 Å². The highest BCUT2D eigenvalue weighted by molar-refractivity contribution is 9.10. The zero-order valence-electron chi connectivity index (χ0n) is 21.5. The van der Waals surface area contributed by atoms with E-state index in [2.05, 4.69) is 15.9 Å². The van der Waals surface area contributed by atoms with Crippen LogP contribution in [0.4, 0.5) is 0 Å². The molecule has 0 aliphatic heterocycles. The highest BCUT2D eigenvalue weighted by Gasteiger charge is 2.23. The Morgan fingerprint density at radius 1 is 0.605 bits per heavy atom. The molecule has 0 amide bonds. The summed E-state index contributed by atoms with van der Waals surface area (Å²) in [5.41, 5.74) is 2.08. The second-order valence-corrected chi connectivity index (χ2v) is 9.54. The number of fused-ring (bicyclic) bond motifs is 8. The number of nitrogens with zero attached hydrogens (tertiary/aromatic N) is 1. The van der Waals surface area contributed by atoms with Crippen LogP contribution in [0.15, 0.2) is 63.5 Å². The predicted molar refractivity (Wildman–Crippen MR) is 152 cm³/mol. The third kappa shape index (κ3) is 3.51. The summed E-state index contributed by atoms with van der Waals surface area (Å²) < 4.78 is 35.7. The monoisotopic (exact) mass is 573 g/mol. The molecule has 0 N–H and O–H groups in total. The van der Waals surface area contributed by atoms with Gasteiger partial charge in [-0.1, -0.05) is 12.1 Å². The van der Waals surface area contributed by atoms with Crippen LogP contribution in [0.1, 0.15) is 0 Å². The minimum absolute atomic E-state index is 0.485. The maximum atomic E-state index is 6.34. The number of hydrogen-bond acceptors (Lipinski definition) is 7. The first-order valence-corrected chi connectivity index (χ1v) is 12.6. The van der Waals surface area contributed by atoms with Crippen molar-refractivity contribution in [3.8, 4) is 40.2 Å². The van der Waals surface area contributed by atoms with Gasteiger partial charge in [-0.2, -0.15) is 0 Å². The fraction of sp³-hybridized carbons (Fsp3) is 0.167. The Kier molecular flexibility index (Phi) is 5.91. The highest BCUT2D eigenvalue weighted by atomic mass is 79.9. The number of benzene rings is 5. The molecule has 0 saturated carbocycles. The molecule has 0 bridgehead atoms. The highest BCUT2D eigenvalue weighted by Crippen LogP contribution is 2.48. The number of methoxy groups -OCH3 is 5. The van der Waals surface area contributed by atoms with Crippen LogP contribution in [-0.2, 0) is 0 Å². The molecule has 6 aromatic rings. The van der Waals surface area contributed by atoms with Crippen molar-refractivity contribution in [2.45, 2.75) is 0 Å². The number of rotatable bonds is 6. The van der Waals surface area contributed by atoms with E-state index in [0.29, 0.717) is 45.7 Å². The van der Waals surface area contributed by atoms with E-state index in [1.807, 2.05) is 54.6 Å². The number of halogens is 1. The van der Waals surface area contributed by atoms with Crippen LogP contribution < -0.4 is 23.7 Å². The fourth-order valence-electron chi connectivity index (χ4n) is 5.07. The molecule has 0 aliphatic carbocycles. The Labute approximate surface area is 226 Å². The average molecular weight is 574 g/mol. The van der Waals surface area contributed by atoms with E-state index in [9.17, 15) is 0 Å². The summed E-state index contributed by atoms with van der Waals surface area (Å²) in [6, 6.07) is 17.7. The molecule has 1 heterocycles. The van der Waals surface area contributed by atoms with Gasteiger partial charge in [0.2, 0.25) is 5.89 Å². The van der Waals surface area contributed by atoms with Gasteiger partial charge in [-0.25, -0.2) is 4.98 Å². The Bertz CT molecular complexity index is 1840. The molecule has 1 aromatic heterocycles. The maximum absolute atomic E-state index is 6.34. The molecule has 8 heteroatoms. The van der Waals surface area contributed by atoms with Crippen molar-refractivity contribution in [1.82, 2.24) is 4.98 Å². The van der Waals surface area contributed by atoms with Crippen LogP contribution >= 0.6 is 15.9 Å². The summed E-state index contributed by atoms with van der Waals surface area (Å²) >= 11 is 3.62. The van der Waals surface area contributed by atoms with Crippen LogP contribution in [0.2, 0.25) is 0 Å². The molecule has 0 spiro atoms. The van der Waals surface area contributed by atoms with E-state index in [1.54, 1.807) is 35.5 Å². The first kappa shape index (κ1) is 24.2. The smallest absolute Gasteiger partial charge is 0.228 e. The molecule has 38 heavy (non-hydrogen) atoms. The fourth-order valence-corrected chi connectivity index (χ4v) is 5.53. The SMILES string of the molecule is COc1cc2c3cc(OC)c(OC)cc3c3c(cc(OC)c4oc(-c5ccccc5Br)nc43)c2cc1OC. The molecule has 0 fully saturated rings. The Hall–Kier alpha value is -4.17. The molecular weight excluding hydrogens is 550 g/mol. The Morgan fingerprint density at radius 3 is 1.55 bits per heavy atom. The number of oxazole rings is 1. The third-order valence-electron chi connectivity index (χ3n) is 6.85. The molecule has 7 nitrogen and oxygen atoms in total. The lowest BCUT2D eigenvalue weighted by Crippen LogP contribution is -1.95. The summed E-state index contributed by atoms with van der Waals surface area (Å²) in [4.78, 5) is 5.01. The van der Waals surface area contributed by atoms with Gasteiger partial charge in [0.1, 0.15) is 5.52 Å². The summed E-state index contributed by atoms with van der Waals surface area (Å²) in [6.07, 6.45) is 0. The zero-order valence-corrected chi connectivity index (χ0v) is 23.1. The topological polar surface area (TPSA) is 72.2 Å². The van der Waals surface area contributed by atoms with Gasteiger partial charge in [0.25, 0.3) is 0 Å². The quantitative estimate of drug-likeness (QED) is 0.188. The molecule has 0 atom stereocenters. The minimum Gasteiger partial charge on any atom is -0.493 e. The maximum Gasteiger partial charge on any atom is 0.228 e. The molecular formula is C30H24BrNO6. The van der Waals surface area contributed by atoms with Crippen molar-refractivity contribution in [2.24, 2.45) is 0 Å². The van der Waals surface area contributed by atoms with E-state index in [4.69, 9.17) is 33.1 Å². The number of ether oxygens (including phenoxy) is 5. The van der Waals surface area contributed by atoms with Gasteiger partial charge in [-0.3, -0.25) is 0 Å². The molecule has 0 unspecified atom stereocenters. The van der Waals surface area contributed by atoms with Crippen LogP contribution in [0.3, 0.4) is 0 Å². The first-order chi connectivity index (χ1) is 18.5. The van der Waals surface area contributed by atoms with E-state index >= 15 is 0 Å². The Balaban J connectivity index is 1.87. The van der Waals surface area contributed by atoms with Crippen molar-refractivity contribution in [2.75, 3.05) is 35.5 Å². The average Bonchev–Trinajstić information content (AvgIpc) is 3.40. The molecule has 0 radical (unpaired) electrons. The van der Waals surface area contributed by atoms with Crippen molar-refractivity contribution in [1.29, 1.82) is 0 Å². The van der Waals surface area contributed by atoms with Gasteiger partial charge < -0.3 is 28.1 Å². The van der Waals surface area contributed by atoms with E-state index in [0.717, 1.165) is 42.4 Å². The minimum atomic E-state index is 0.485. The van der Waals surface area contributed by atoms with Gasteiger partial charge in [-0.15, -0.1) is 0 Å². The van der Waals surface area contributed by atoms with E-state index in [1.165, 1.54) is 0 Å². The largest absolute Gasteiger partial charge is 0.493 e. The van der Waals surface area contributed by atoms with Crippen molar-refractivity contribution < 1.29 is 28.1 Å². The summed E-state index contributed by atoms with van der Waals surface area (Å²) in [6.45, 7) is 0. The van der Waals surface area contributed by atoms with E-state index < -0.39 is 0 Å². The standard InChI is InChI=1S/C30H24BrNO6/c1-33-22-10-16-17-11-24(35-3)25(36-4)13-19(17)27-20(18(16)12-23(22)34-2)14-26(37-5)29-28(27)32-30(38-29)15-8-6-7-9-21(15)31/h6-14H,1-5H3. The molecule has 192 valence electrons. The van der Waals surface area contributed by atoms with Crippen LogP contribution in [-0.4, -0.2) is 40.5 Å². The summed E-state index contributed by atoms with van der Waals surface area (Å²) in [7, 11) is 8.13. The summed E-state index contributed by atoms with van der Waals surface area (Å²) in [5.74, 6) is 3.54. The normalized spacial score (nSPS) is 11.4. The second-order valence-electron chi connectivity index (χ2n) is 8.68. The van der Waals surface area contributed by atoms with Crippen molar-refractivity contribution >= 4 is 59.3 Å². The lowest BCUT2D eigenvalue weighted by molar-refractivity contribution is 0.355. The first-order valence-electron chi connectivity index (χ1n) is 11.8. The second kappa shape index (κ2) is 9.29. The lowest BCUT2D eigenvalue weighted by atomic mass is 9.92. The van der Waals surface area contributed by atoms with Crippen LogP contribution in [0, 0.1) is 0 Å². The predicted octanol–water partition coefficient (Wildman–Crippen LogP) is 7.76. The third-order valence-corrected chi connectivity index (χ3v) is 7.55. The summed E-state index contributed by atoms with van der Waals surface area (Å²) in [5, 5.41) is 5.61. The van der Waals surface area contributed by atoms with E-state index in [-0.39, 0.29) is 0 Å². The lowest BCUT2D eigenvalue weighted by Gasteiger charge is -2.17.